The van der Waals surface area contributed by atoms with Crippen LogP contribution in [0.2, 0.25) is 5.02 Å². The van der Waals surface area contributed by atoms with Crippen LogP contribution in [-0.2, 0) is 9.59 Å². The van der Waals surface area contributed by atoms with Gasteiger partial charge in [0.2, 0.25) is 11.8 Å². The summed E-state index contributed by atoms with van der Waals surface area (Å²) in [5.74, 6) is -2.86. The number of carbonyl (C=O) groups is 2. The minimum Gasteiger partial charge on any atom is -0.323 e. The van der Waals surface area contributed by atoms with Gasteiger partial charge in [-0.3, -0.25) is 9.59 Å². The van der Waals surface area contributed by atoms with E-state index in [1.807, 2.05) is 0 Å². The number of para-hydroxylation sites is 1. The molecular formula is C17H13ClF2N2O2. The Morgan fingerprint density at radius 1 is 1.21 bits per heavy atom. The fraction of sp³-hybridized carbons (Fsp3) is 0.176. The first kappa shape index (κ1) is 16.4. The van der Waals surface area contributed by atoms with Crippen molar-refractivity contribution in [2.45, 2.75) is 6.42 Å². The van der Waals surface area contributed by atoms with E-state index in [0.29, 0.717) is 10.7 Å². The molecule has 0 saturated carbocycles. The van der Waals surface area contributed by atoms with Gasteiger partial charge in [-0.2, -0.15) is 0 Å². The zero-order valence-corrected chi connectivity index (χ0v) is 13.2. The van der Waals surface area contributed by atoms with Gasteiger partial charge in [0, 0.05) is 19.0 Å². The molecule has 1 aliphatic heterocycles. The topological polar surface area (TPSA) is 49.4 Å². The van der Waals surface area contributed by atoms with Crippen molar-refractivity contribution in [3.05, 3.63) is 59.1 Å². The number of halogens is 3. The summed E-state index contributed by atoms with van der Waals surface area (Å²) in [6, 6.07) is 9.61. The first-order valence-corrected chi connectivity index (χ1v) is 7.64. The zero-order chi connectivity index (χ0) is 17.3. The average molecular weight is 351 g/mol. The molecule has 3 rings (SSSR count). The van der Waals surface area contributed by atoms with Gasteiger partial charge in [0.1, 0.15) is 11.6 Å². The standard InChI is InChI=1S/C17H13ClF2N2O2/c18-12-3-1-2-4-15(12)22-9-10(7-16(22)23)17(24)21-14-8-11(19)5-6-13(14)20/h1-6,8,10H,7,9H2,(H,21,24). The number of nitrogens with one attached hydrogen (secondary N) is 1. The number of hydrogen-bond donors (Lipinski definition) is 1. The van der Waals surface area contributed by atoms with Crippen molar-refractivity contribution >= 4 is 34.8 Å². The third kappa shape index (κ3) is 3.23. The second kappa shape index (κ2) is 6.57. The Labute approximate surface area is 142 Å². The minimum absolute atomic E-state index is 0.0198. The molecule has 0 aromatic heterocycles. The second-order valence-electron chi connectivity index (χ2n) is 5.47. The molecule has 0 aliphatic carbocycles. The summed E-state index contributed by atoms with van der Waals surface area (Å²) in [6.45, 7) is 0.130. The Morgan fingerprint density at radius 2 is 1.96 bits per heavy atom. The van der Waals surface area contributed by atoms with Gasteiger partial charge < -0.3 is 10.2 Å². The molecule has 1 atom stereocenters. The van der Waals surface area contributed by atoms with Crippen LogP contribution >= 0.6 is 11.6 Å². The lowest BCUT2D eigenvalue weighted by molar-refractivity contribution is -0.122. The van der Waals surface area contributed by atoms with E-state index in [4.69, 9.17) is 11.6 Å². The van der Waals surface area contributed by atoms with Gasteiger partial charge in [0.25, 0.3) is 0 Å². The molecule has 2 aromatic carbocycles. The largest absolute Gasteiger partial charge is 0.323 e. The Morgan fingerprint density at radius 3 is 2.71 bits per heavy atom. The molecule has 124 valence electrons. The van der Waals surface area contributed by atoms with Crippen molar-refractivity contribution < 1.29 is 18.4 Å². The molecule has 4 nitrogen and oxygen atoms in total. The van der Waals surface area contributed by atoms with E-state index < -0.39 is 23.5 Å². The van der Waals surface area contributed by atoms with Crippen LogP contribution in [0.25, 0.3) is 0 Å². The van der Waals surface area contributed by atoms with Crippen LogP contribution in [0, 0.1) is 17.6 Å². The molecule has 24 heavy (non-hydrogen) atoms. The maximum atomic E-state index is 13.6. The lowest BCUT2D eigenvalue weighted by atomic mass is 10.1. The van der Waals surface area contributed by atoms with Gasteiger partial charge in [0.15, 0.2) is 0 Å². The van der Waals surface area contributed by atoms with Crippen molar-refractivity contribution in [2.75, 3.05) is 16.8 Å². The van der Waals surface area contributed by atoms with Crippen LogP contribution in [-0.4, -0.2) is 18.4 Å². The predicted molar refractivity (Wildman–Crippen MR) is 86.9 cm³/mol. The number of anilines is 2. The van der Waals surface area contributed by atoms with Crippen LogP contribution in [0.3, 0.4) is 0 Å². The van der Waals surface area contributed by atoms with Crippen LogP contribution in [0.1, 0.15) is 6.42 Å². The van der Waals surface area contributed by atoms with Crippen LogP contribution in [0.15, 0.2) is 42.5 Å². The molecule has 0 bridgehead atoms. The Bertz CT molecular complexity index is 813. The lowest BCUT2D eigenvalue weighted by Crippen LogP contribution is -2.28. The number of hydrogen-bond acceptors (Lipinski definition) is 2. The van der Waals surface area contributed by atoms with Crippen LogP contribution in [0.5, 0.6) is 0 Å². The van der Waals surface area contributed by atoms with Crippen molar-refractivity contribution in [1.29, 1.82) is 0 Å². The summed E-state index contributed by atoms with van der Waals surface area (Å²) in [5, 5.41) is 2.74. The monoisotopic (exact) mass is 350 g/mol. The van der Waals surface area contributed by atoms with Crippen LogP contribution < -0.4 is 10.2 Å². The summed E-state index contributed by atoms with van der Waals surface area (Å²) in [6.07, 6.45) is -0.0198. The van der Waals surface area contributed by atoms with E-state index in [1.54, 1.807) is 24.3 Å². The number of amides is 2. The normalized spacial score (nSPS) is 17.2. The van der Waals surface area contributed by atoms with Gasteiger partial charge in [-0.1, -0.05) is 23.7 Å². The lowest BCUT2D eigenvalue weighted by Gasteiger charge is -2.18. The highest BCUT2D eigenvalue weighted by atomic mass is 35.5. The molecule has 0 spiro atoms. The molecule has 2 aromatic rings. The SMILES string of the molecule is O=C(Nc1cc(F)ccc1F)C1CC(=O)N(c2ccccc2Cl)C1. The van der Waals surface area contributed by atoms with Gasteiger partial charge in [-0.25, -0.2) is 8.78 Å². The van der Waals surface area contributed by atoms with Crippen LogP contribution in [0.4, 0.5) is 20.2 Å². The molecule has 1 heterocycles. The van der Waals surface area contributed by atoms with Crippen molar-refractivity contribution in [3.63, 3.8) is 0 Å². The maximum absolute atomic E-state index is 13.6. The van der Waals surface area contributed by atoms with Crippen molar-refractivity contribution in [3.8, 4) is 0 Å². The summed E-state index contributed by atoms with van der Waals surface area (Å²) >= 11 is 6.08. The van der Waals surface area contributed by atoms with E-state index in [-0.39, 0.29) is 24.6 Å². The first-order chi connectivity index (χ1) is 11.5. The first-order valence-electron chi connectivity index (χ1n) is 7.26. The molecule has 0 radical (unpaired) electrons. The molecule has 1 unspecified atom stereocenters. The highest BCUT2D eigenvalue weighted by Gasteiger charge is 2.36. The molecule has 1 aliphatic rings. The number of benzene rings is 2. The molecular weight excluding hydrogens is 338 g/mol. The molecule has 7 heteroatoms. The zero-order valence-electron chi connectivity index (χ0n) is 12.4. The molecule has 1 fully saturated rings. The highest BCUT2D eigenvalue weighted by molar-refractivity contribution is 6.33. The second-order valence-corrected chi connectivity index (χ2v) is 5.88. The summed E-state index contributed by atoms with van der Waals surface area (Å²) < 4.78 is 26.8. The maximum Gasteiger partial charge on any atom is 0.229 e. The fourth-order valence-electron chi connectivity index (χ4n) is 2.61. The van der Waals surface area contributed by atoms with Gasteiger partial charge in [0.05, 0.1) is 22.3 Å². The number of nitrogens with zero attached hydrogens (tertiary/aromatic N) is 1. The van der Waals surface area contributed by atoms with E-state index in [9.17, 15) is 18.4 Å². The van der Waals surface area contributed by atoms with Crippen molar-refractivity contribution in [2.24, 2.45) is 5.92 Å². The summed E-state index contributed by atoms with van der Waals surface area (Å²) in [5.41, 5.74) is 0.278. The van der Waals surface area contributed by atoms with Gasteiger partial charge in [-0.05, 0) is 24.3 Å². The Kier molecular flexibility index (Phi) is 4.49. The van der Waals surface area contributed by atoms with E-state index in [1.165, 1.54) is 4.90 Å². The average Bonchev–Trinajstić information content (AvgIpc) is 2.93. The quantitative estimate of drug-likeness (QED) is 0.919. The molecule has 2 amide bonds. The fourth-order valence-corrected chi connectivity index (χ4v) is 2.85. The Balaban J connectivity index is 1.75. The van der Waals surface area contributed by atoms with E-state index in [0.717, 1.165) is 18.2 Å². The molecule has 1 saturated heterocycles. The smallest absolute Gasteiger partial charge is 0.229 e. The van der Waals surface area contributed by atoms with E-state index in [2.05, 4.69) is 5.32 Å². The third-order valence-electron chi connectivity index (χ3n) is 3.83. The Hall–Kier alpha value is -2.47. The summed E-state index contributed by atoms with van der Waals surface area (Å²) in [7, 11) is 0. The predicted octanol–water partition coefficient (Wildman–Crippen LogP) is 3.61. The van der Waals surface area contributed by atoms with Crippen molar-refractivity contribution in [1.82, 2.24) is 0 Å². The minimum atomic E-state index is -0.739. The van der Waals surface area contributed by atoms with Gasteiger partial charge >= 0.3 is 0 Å². The highest BCUT2D eigenvalue weighted by Crippen LogP contribution is 2.31. The van der Waals surface area contributed by atoms with E-state index >= 15 is 0 Å². The number of rotatable bonds is 3. The molecule has 1 N–H and O–H groups in total. The third-order valence-corrected chi connectivity index (χ3v) is 4.14. The van der Waals surface area contributed by atoms with Gasteiger partial charge in [-0.15, -0.1) is 0 Å². The summed E-state index contributed by atoms with van der Waals surface area (Å²) in [4.78, 5) is 25.9. The number of carbonyl (C=O) groups excluding carboxylic acids is 2.